The number of rotatable bonds is 5. The van der Waals surface area contributed by atoms with Crippen LogP contribution in [-0.4, -0.2) is 6.08 Å². The molecule has 0 amide bonds. The molecule has 3 rings (SSSR count). The monoisotopic (exact) mass is 321 g/mol. The molecule has 3 nitrogen and oxygen atoms in total. The van der Waals surface area contributed by atoms with Gasteiger partial charge < -0.3 is 4.74 Å². The number of nitrogens with zero attached hydrogens (tertiary/aromatic N) is 1. The topological polar surface area (TPSA) is 38.7 Å². The number of thiol groups is 1. The predicted octanol–water partition coefficient (Wildman–Crippen LogP) is 4.81. The number of aliphatic imine (C=N–C) groups is 1. The molecule has 23 heavy (non-hydrogen) atoms. The van der Waals surface area contributed by atoms with E-state index < -0.39 is 0 Å². The zero-order valence-electron chi connectivity index (χ0n) is 12.4. The van der Waals surface area contributed by atoms with E-state index in [1.165, 1.54) is 0 Å². The van der Waals surface area contributed by atoms with Gasteiger partial charge in [0.05, 0.1) is 18.9 Å². The summed E-state index contributed by atoms with van der Waals surface area (Å²) in [6.07, 6.45) is 1.64. The van der Waals surface area contributed by atoms with Crippen LogP contribution in [0.2, 0.25) is 0 Å². The van der Waals surface area contributed by atoms with E-state index >= 15 is 0 Å². The minimum Gasteiger partial charge on any atom is -0.372 e. The first kappa shape index (κ1) is 15.5. The largest absolute Gasteiger partial charge is 0.372 e. The van der Waals surface area contributed by atoms with E-state index in [-0.39, 0.29) is 0 Å². The van der Waals surface area contributed by atoms with Gasteiger partial charge in [0, 0.05) is 15.8 Å². The van der Waals surface area contributed by atoms with Gasteiger partial charge in [-0.2, -0.15) is 4.99 Å². The Morgan fingerprint density at radius 2 is 1.65 bits per heavy atom. The quantitative estimate of drug-likeness (QED) is 0.416. The van der Waals surface area contributed by atoms with Crippen molar-refractivity contribution in [3.8, 4) is 0 Å². The summed E-state index contributed by atoms with van der Waals surface area (Å²) in [6.45, 7) is 0.855. The normalized spacial score (nSPS) is 10.5. The first-order valence-electron chi connectivity index (χ1n) is 7.22. The highest BCUT2D eigenvalue weighted by Crippen LogP contribution is 2.34. The number of hydrogen-bond acceptors (Lipinski definition) is 4. The Kier molecular flexibility index (Phi) is 4.89. The summed E-state index contributed by atoms with van der Waals surface area (Å²) in [7, 11) is 0. The fourth-order valence-electron chi connectivity index (χ4n) is 2.54. The Labute approximate surface area is 140 Å². The second kappa shape index (κ2) is 7.25. The third-order valence-corrected chi connectivity index (χ3v) is 3.97. The van der Waals surface area contributed by atoms with Crippen molar-refractivity contribution in [3.05, 3.63) is 71.8 Å². The highest BCUT2D eigenvalue weighted by molar-refractivity contribution is 7.80. The van der Waals surface area contributed by atoms with Gasteiger partial charge in [-0.05, 0) is 17.0 Å². The molecule has 0 aliphatic carbocycles. The average Bonchev–Trinajstić information content (AvgIpc) is 2.59. The molecule has 0 N–H and O–H groups in total. The molecule has 0 aliphatic rings. The second-order valence-corrected chi connectivity index (χ2v) is 5.61. The highest BCUT2D eigenvalue weighted by atomic mass is 32.1. The molecule has 0 aromatic heterocycles. The van der Waals surface area contributed by atoms with Gasteiger partial charge in [0.2, 0.25) is 6.08 Å². The smallest absolute Gasteiger partial charge is 0.240 e. The van der Waals surface area contributed by atoms with Gasteiger partial charge in [-0.3, -0.25) is 0 Å². The van der Waals surface area contributed by atoms with Crippen molar-refractivity contribution < 1.29 is 9.53 Å². The minimum atomic E-state index is 0.355. The second-order valence-electron chi connectivity index (χ2n) is 5.13. The maximum atomic E-state index is 10.8. The zero-order chi connectivity index (χ0) is 16.1. The van der Waals surface area contributed by atoms with Crippen molar-refractivity contribution in [2.75, 3.05) is 0 Å². The molecule has 0 atom stereocenters. The molecular weight excluding hydrogens is 306 g/mol. The van der Waals surface area contributed by atoms with E-state index in [0.717, 1.165) is 26.8 Å². The Hall–Kier alpha value is -2.39. The van der Waals surface area contributed by atoms with Gasteiger partial charge in [-0.25, -0.2) is 4.79 Å². The summed E-state index contributed by atoms with van der Waals surface area (Å²) in [6, 6.07) is 19.6. The number of hydrogen-bond donors (Lipinski definition) is 1. The molecular formula is C19H15NO2S. The summed E-state index contributed by atoms with van der Waals surface area (Å²) in [5.41, 5.74) is 2.52. The highest BCUT2D eigenvalue weighted by Gasteiger charge is 2.10. The van der Waals surface area contributed by atoms with Gasteiger partial charge in [-0.1, -0.05) is 54.6 Å². The lowest BCUT2D eigenvalue weighted by atomic mass is 10.0. The average molecular weight is 321 g/mol. The molecule has 0 fully saturated rings. The fourth-order valence-corrected chi connectivity index (χ4v) is 2.89. The van der Waals surface area contributed by atoms with Gasteiger partial charge in [0.15, 0.2) is 0 Å². The van der Waals surface area contributed by atoms with Gasteiger partial charge in [0.1, 0.15) is 0 Å². The number of ether oxygens (including phenoxy) is 1. The number of fused-ring (bicyclic) bond motifs is 1. The number of carbonyl (C=O) groups excluding carboxylic acids is 1. The SMILES string of the molecule is O=C=Nc1c(COCc2ccccc2)cc(S)c2ccccc12. The third-order valence-electron chi connectivity index (χ3n) is 3.60. The number of benzene rings is 3. The fraction of sp³-hybridized carbons (Fsp3) is 0.105. The van der Waals surface area contributed by atoms with Crippen molar-refractivity contribution in [2.45, 2.75) is 18.1 Å². The van der Waals surface area contributed by atoms with E-state index in [4.69, 9.17) is 4.74 Å². The van der Waals surface area contributed by atoms with Gasteiger partial charge in [-0.15, -0.1) is 12.6 Å². The molecule has 3 aromatic rings. The van der Waals surface area contributed by atoms with Crippen LogP contribution in [0.1, 0.15) is 11.1 Å². The molecule has 0 saturated carbocycles. The molecule has 0 radical (unpaired) electrons. The van der Waals surface area contributed by atoms with Crippen molar-refractivity contribution in [2.24, 2.45) is 4.99 Å². The molecule has 114 valence electrons. The van der Waals surface area contributed by atoms with Crippen molar-refractivity contribution in [1.82, 2.24) is 0 Å². The van der Waals surface area contributed by atoms with E-state index in [2.05, 4.69) is 17.6 Å². The molecule has 3 aromatic carbocycles. The molecule has 0 heterocycles. The first-order chi connectivity index (χ1) is 11.3. The standard InChI is InChI=1S/C19H15NO2S/c21-13-20-19-15(12-22-11-14-6-2-1-3-7-14)10-18(23)16-8-4-5-9-17(16)19/h1-10,23H,11-12H2. The van der Waals surface area contributed by atoms with Crippen LogP contribution in [0, 0.1) is 0 Å². The Morgan fingerprint density at radius 3 is 2.39 bits per heavy atom. The van der Waals surface area contributed by atoms with Crippen LogP contribution in [0.3, 0.4) is 0 Å². The summed E-state index contributed by atoms with van der Waals surface area (Å²) in [5, 5.41) is 1.83. The van der Waals surface area contributed by atoms with E-state index in [1.54, 1.807) is 6.08 Å². The van der Waals surface area contributed by atoms with Crippen LogP contribution in [0.15, 0.2) is 70.6 Å². The molecule has 0 unspecified atom stereocenters. The lowest BCUT2D eigenvalue weighted by Gasteiger charge is -2.11. The van der Waals surface area contributed by atoms with Crippen LogP contribution in [0.5, 0.6) is 0 Å². The molecule has 0 bridgehead atoms. The molecule has 0 spiro atoms. The number of isocyanates is 1. The van der Waals surface area contributed by atoms with Gasteiger partial charge in [0.25, 0.3) is 0 Å². The Morgan fingerprint density at radius 1 is 0.957 bits per heavy atom. The van der Waals surface area contributed by atoms with Crippen LogP contribution in [-0.2, 0) is 22.7 Å². The first-order valence-corrected chi connectivity index (χ1v) is 7.67. The van der Waals surface area contributed by atoms with E-state index in [0.29, 0.717) is 18.9 Å². The van der Waals surface area contributed by atoms with Gasteiger partial charge >= 0.3 is 0 Å². The third kappa shape index (κ3) is 3.51. The molecule has 4 heteroatoms. The minimum absolute atomic E-state index is 0.355. The Balaban J connectivity index is 1.90. The summed E-state index contributed by atoms with van der Waals surface area (Å²) in [4.78, 5) is 15.5. The van der Waals surface area contributed by atoms with Crippen molar-refractivity contribution in [3.63, 3.8) is 0 Å². The van der Waals surface area contributed by atoms with Crippen LogP contribution in [0.25, 0.3) is 10.8 Å². The van der Waals surface area contributed by atoms with Crippen LogP contribution < -0.4 is 0 Å². The van der Waals surface area contributed by atoms with E-state index in [1.807, 2.05) is 60.7 Å². The van der Waals surface area contributed by atoms with Crippen LogP contribution in [0.4, 0.5) is 5.69 Å². The molecule has 0 aliphatic heterocycles. The molecule has 0 saturated heterocycles. The summed E-state index contributed by atoms with van der Waals surface area (Å²) in [5.74, 6) is 0. The predicted molar refractivity (Wildman–Crippen MR) is 93.9 cm³/mol. The summed E-state index contributed by atoms with van der Waals surface area (Å²) < 4.78 is 5.77. The maximum absolute atomic E-state index is 10.8. The lowest BCUT2D eigenvalue weighted by molar-refractivity contribution is 0.107. The lowest BCUT2D eigenvalue weighted by Crippen LogP contribution is -1.95. The van der Waals surface area contributed by atoms with Crippen molar-refractivity contribution in [1.29, 1.82) is 0 Å². The maximum Gasteiger partial charge on any atom is 0.240 e. The summed E-state index contributed by atoms with van der Waals surface area (Å²) >= 11 is 4.53. The Bertz CT molecular complexity index is 871. The van der Waals surface area contributed by atoms with E-state index in [9.17, 15) is 4.79 Å². The van der Waals surface area contributed by atoms with Crippen molar-refractivity contribution >= 4 is 35.2 Å². The zero-order valence-corrected chi connectivity index (χ0v) is 13.3. The van der Waals surface area contributed by atoms with Crippen LogP contribution >= 0.6 is 12.6 Å².